The predicted octanol–water partition coefficient (Wildman–Crippen LogP) is 6.36. The van der Waals surface area contributed by atoms with Gasteiger partial charge in [-0.25, -0.2) is 0 Å². The van der Waals surface area contributed by atoms with Crippen LogP contribution in [0.15, 0.2) is 83.3 Å². The molecule has 0 amide bonds. The number of halogens is 1. The fourth-order valence-corrected chi connectivity index (χ4v) is 3.45. The minimum absolute atomic E-state index is 1.11. The van der Waals surface area contributed by atoms with E-state index in [1.165, 1.54) is 37.9 Å². The first-order chi connectivity index (χ1) is 11.7. The van der Waals surface area contributed by atoms with E-state index in [1.807, 2.05) is 0 Å². The highest BCUT2D eigenvalue weighted by Gasteiger charge is 2.01. The monoisotopic (exact) mass is 372 g/mol. The van der Waals surface area contributed by atoms with Crippen molar-refractivity contribution in [3.8, 4) is 0 Å². The second-order valence-electron chi connectivity index (χ2n) is 6.06. The van der Waals surface area contributed by atoms with Crippen LogP contribution < -0.4 is 5.22 Å². The molecule has 1 heteroatoms. The van der Waals surface area contributed by atoms with Crippen molar-refractivity contribution >= 4 is 49.1 Å². The molecule has 4 aromatic carbocycles. The van der Waals surface area contributed by atoms with Crippen molar-refractivity contribution in [2.45, 2.75) is 6.92 Å². The summed E-state index contributed by atoms with van der Waals surface area (Å²) in [7, 11) is 0. The van der Waals surface area contributed by atoms with E-state index >= 15 is 0 Å². The molecule has 24 heavy (non-hydrogen) atoms. The van der Waals surface area contributed by atoms with Gasteiger partial charge in [0.05, 0.1) is 0 Å². The van der Waals surface area contributed by atoms with Crippen molar-refractivity contribution in [3.05, 3.63) is 94.1 Å². The van der Waals surface area contributed by atoms with Gasteiger partial charge in [-0.1, -0.05) is 88.7 Å². The van der Waals surface area contributed by atoms with Crippen LogP contribution in [0.1, 0.15) is 12.5 Å². The molecular weight excluding hydrogens is 356 g/mol. The summed E-state index contributed by atoms with van der Waals surface area (Å²) >= 11 is 3.49. The van der Waals surface area contributed by atoms with E-state index in [0.717, 1.165) is 4.47 Å². The Labute approximate surface area is 150 Å². The average molecular weight is 373 g/mol. The molecule has 116 valence electrons. The van der Waals surface area contributed by atoms with Crippen molar-refractivity contribution in [3.63, 3.8) is 0 Å². The lowest BCUT2D eigenvalue weighted by atomic mass is 9.99. The van der Waals surface area contributed by atoms with Crippen LogP contribution in [0, 0.1) is 0 Å². The van der Waals surface area contributed by atoms with E-state index in [1.54, 1.807) is 0 Å². The van der Waals surface area contributed by atoms with Crippen molar-refractivity contribution < 1.29 is 0 Å². The smallest absolute Gasteiger partial charge is 0.0175 e. The molecule has 0 aromatic heterocycles. The second kappa shape index (κ2) is 6.26. The van der Waals surface area contributed by atoms with Gasteiger partial charge < -0.3 is 0 Å². The summed E-state index contributed by atoms with van der Waals surface area (Å²) in [5.41, 5.74) is 2.50. The minimum atomic E-state index is 1.11. The molecule has 0 aliphatic heterocycles. The van der Waals surface area contributed by atoms with Gasteiger partial charge in [0.15, 0.2) is 0 Å². The Morgan fingerprint density at radius 2 is 1.46 bits per heavy atom. The van der Waals surface area contributed by atoms with E-state index in [2.05, 4.69) is 108 Å². The van der Waals surface area contributed by atoms with Crippen LogP contribution in [0.25, 0.3) is 33.2 Å². The summed E-state index contributed by atoms with van der Waals surface area (Å²) in [6.07, 6.45) is 4.42. The Bertz CT molecular complexity index is 1080. The highest BCUT2D eigenvalue weighted by molar-refractivity contribution is 9.10. The van der Waals surface area contributed by atoms with Crippen LogP contribution in [0.3, 0.4) is 0 Å². The summed E-state index contributed by atoms with van der Waals surface area (Å²) in [5.74, 6) is 0. The maximum atomic E-state index is 3.49. The maximum Gasteiger partial charge on any atom is 0.0175 e. The lowest BCUT2D eigenvalue weighted by Crippen LogP contribution is -2.01. The maximum absolute atomic E-state index is 3.49. The molecule has 0 radical (unpaired) electrons. The molecule has 0 aliphatic carbocycles. The van der Waals surface area contributed by atoms with E-state index in [-0.39, 0.29) is 0 Å². The van der Waals surface area contributed by atoms with Gasteiger partial charge in [-0.2, -0.15) is 0 Å². The van der Waals surface area contributed by atoms with E-state index in [0.29, 0.717) is 0 Å². The van der Waals surface area contributed by atoms with Gasteiger partial charge in [0.25, 0.3) is 0 Å². The van der Waals surface area contributed by atoms with Gasteiger partial charge in [-0.05, 0) is 57.0 Å². The molecule has 0 nitrogen and oxygen atoms in total. The fourth-order valence-electron chi connectivity index (χ4n) is 3.19. The standard InChI is InChI=1S/C23H17Br/c1-16(17-12-14-21(24)15-13-17)8-9-18-10-11-20-5-2-4-19-6-3-7-22(18)23(19)20/h2-15H,1H3/b16-8+,18-9-. The Morgan fingerprint density at radius 1 is 0.792 bits per heavy atom. The van der Waals surface area contributed by atoms with Gasteiger partial charge in [-0.15, -0.1) is 0 Å². The molecule has 0 heterocycles. The number of hydrogen-bond acceptors (Lipinski definition) is 0. The number of rotatable bonds is 2. The molecule has 0 saturated heterocycles. The molecule has 0 atom stereocenters. The zero-order valence-corrected chi connectivity index (χ0v) is 15.0. The van der Waals surface area contributed by atoms with Crippen molar-refractivity contribution in [1.82, 2.24) is 0 Å². The van der Waals surface area contributed by atoms with Crippen molar-refractivity contribution in [2.75, 3.05) is 0 Å². The van der Waals surface area contributed by atoms with Crippen LogP contribution in [0.4, 0.5) is 0 Å². The Hall–Kier alpha value is -2.38. The molecule has 4 rings (SSSR count). The van der Waals surface area contributed by atoms with E-state index in [9.17, 15) is 0 Å². The van der Waals surface area contributed by atoms with Crippen LogP contribution in [-0.4, -0.2) is 0 Å². The first kappa shape index (κ1) is 15.2. The third-order valence-corrected chi connectivity index (χ3v) is 5.03. The molecule has 4 aromatic rings. The van der Waals surface area contributed by atoms with Crippen LogP contribution in [-0.2, 0) is 0 Å². The first-order valence-corrected chi connectivity index (χ1v) is 8.86. The first-order valence-electron chi connectivity index (χ1n) is 8.07. The number of benzene rings is 4. The normalized spacial score (nSPS) is 13.1. The van der Waals surface area contributed by atoms with E-state index in [4.69, 9.17) is 0 Å². The van der Waals surface area contributed by atoms with Crippen molar-refractivity contribution in [1.29, 1.82) is 0 Å². The second-order valence-corrected chi connectivity index (χ2v) is 6.98. The molecule has 0 spiro atoms. The topological polar surface area (TPSA) is 0 Å². The molecular formula is C23H17Br. The predicted molar refractivity (Wildman–Crippen MR) is 109 cm³/mol. The van der Waals surface area contributed by atoms with Crippen molar-refractivity contribution in [2.24, 2.45) is 0 Å². The van der Waals surface area contributed by atoms with Gasteiger partial charge in [0.1, 0.15) is 0 Å². The molecule has 0 unspecified atom stereocenters. The van der Waals surface area contributed by atoms with Crippen LogP contribution in [0.5, 0.6) is 0 Å². The zero-order valence-electron chi connectivity index (χ0n) is 13.5. The van der Waals surface area contributed by atoms with Crippen LogP contribution >= 0.6 is 15.9 Å². The van der Waals surface area contributed by atoms with Gasteiger partial charge in [0, 0.05) is 4.47 Å². The molecule has 0 N–H and O–H groups in total. The Morgan fingerprint density at radius 3 is 2.21 bits per heavy atom. The fraction of sp³-hybridized carbons (Fsp3) is 0.0435. The lowest BCUT2D eigenvalue weighted by Gasteiger charge is -2.06. The Kier molecular flexibility index (Phi) is 3.95. The summed E-state index contributed by atoms with van der Waals surface area (Å²) in [5, 5.41) is 6.52. The van der Waals surface area contributed by atoms with E-state index < -0.39 is 0 Å². The lowest BCUT2D eigenvalue weighted by molar-refractivity contribution is 1.55. The highest BCUT2D eigenvalue weighted by atomic mass is 79.9. The van der Waals surface area contributed by atoms with Gasteiger partial charge in [-0.3, -0.25) is 0 Å². The van der Waals surface area contributed by atoms with Crippen LogP contribution in [0.2, 0.25) is 0 Å². The minimum Gasteiger partial charge on any atom is -0.0610 e. The molecule has 0 fully saturated rings. The third kappa shape index (κ3) is 2.76. The van der Waals surface area contributed by atoms with Gasteiger partial charge >= 0.3 is 0 Å². The molecule has 0 bridgehead atoms. The summed E-state index contributed by atoms with van der Waals surface area (Å²) in [6.45, 7) is 2.15. The Balaban J connectivity index is 1.87. The number of allylic oxidation sites excluding steroid dienone is 2. The summed E-state index contributed by atoms with van der Waals surface area (Å²) < 4.78 is 1.11. The summed E-state index contributed by atoms with van der Waals surface area (Å²) in [4.78, 5) is 0. The summed E-state index contributed by atoms with van der Waals surface area (Å²) in [6, 6.07) is 25.9. The molecule has 0 saturated carbocycles. The third-order valence-electron chi connectivity index (χ3n) is 4.50. The zero-order chi connectivity index (χ0) is 16.5. The molecule has 0 aliphatic rings. The quantitative estimate of drug-likeness (QED) is 0.384. The number of hydrogen-bond donors (Lipinski definition) is 0. The average Bonchev–Trinajstić information content (AvgIpc) is 2.62. The highest BCUT2D eigenvalue weighted by Crippen LogP contribution is 2.24. The van der Waals surface area contributed by atoms with Gasteiger partial charge in [0.2, 0.25) is 0 Å². The SMILES string of the molecule is C/C(=C\C=c1\ccc2cccc3cccc1c32)c1ccc(Br)cc1. The largest absolute Gasteiger partial charge is 0.0610 e.